The van der Waals surface area contributed by atoms with Crippen molar-refractivity contribution in [2.24, 2.45) is 0 Å². The van der Waals surface area contributed by atoms with Gasteiger partial charge in [-0.3, -0.25) is 4.68 Å². The molecule has 1 aromatic rings. The van der Waals surface area contributed by atoms with Crippen LogP contribution in [0.2, 0.25) is 0 Å². The Morgan fingerprint density at radius 3 is 3.23 bits per heavy atom. The Balaban J connectivity index is 1.78. The third-order valence-electron chi connectivity index (χ3n) is 2.31. The quantitative estimate of drug-likeness (QED) is 0.816. The first kappa shape index (κ1) is 9.21. The normalized spacial score (nSPS) is 22.4. The fourth-order valence-corrected chi connectivity index (χ4v) is 1.94. The molecule has 2 rings (SSSR count). The number of nitrogens with zero attached hydrogens (tertiary/aromatic N) is 2. The molecule has 1 saturated heterocycles. The van der Waals surface area contributed by atoms with Crippen molar-refractivity contribution in [2.75, 3.05) is 6.61 Å². The van der Waals surface area contributed by atoms with E-state index in [0.29, 0.717) is 6.10 Å². The predicted octanol–water partition coefficient (Wildman–Crippen LogP) is 2.21. The first-order chi connectivity index (χ1) is 6.34. The van der Waals surface area contributed by atoms with E-state index in [1.54, 1.807) is 0 Å². The van der Waals surface area contributed by atoms with Crippen LogP contribution < -0.4 is 0 Å². The summed E-state index contributed by atoms with van der Waals surface area (Å²) < 4.78 is 8.52. The number of halogens is 1. The van der Waals surface area contributed by atoms with E-state index in [1.165, 1.54) is 12.8 Å². The molecule has 2 heterocycles. The fraction of sp³-hybridized carbons (Fsp3) is 0.667. The standard InChI is InChI=1S/C9H13BrN2O/c10-8-6-11-12(7-8)4-3-9-2-1-5-13-9/h6-7,9H,1-5H2. The van der Waals surface area contributed by atoms with Crippen LogP contribution in [-0.4, -0.2) is 22.5 Å². The Morgan fingerprint density at radius 1 is 1.69 bits per heavy atom. The maximum absolute atomic E-state index is 5.53. The molecule has 13 heavy (non-hydrogen) atoms. The zero-order valence-corrected chi connectivity index (χ0v) is 9.03. The lowest BCUT2D eigenvalue weighted by atomic mass is 10.2. The summed E-state index contributed by atoms with van der Waals surface area (Å²) in [6.07, 6.45) is 7.78. The predicted molar refractivity (Wildman–Crippen MR) is 53.5 cm³/mol. The lowest BCUT2D eigenvalue weighted by Gasteiger charge is -2.08. The minimum absolute atomic E-state index is 0.461. The number of ether oxygens (including phenoxy) is 1. The molecule has 0 radical (unpaired) electrons. The molecule has 1 aliphatic rings. The highest BCUT2D eigenvalue weighted by molar-refractivity contribution is 9.10. The molecule has 1 atom stereocenters. The summed E-state index contributed by atoms with van der Waals surface area (Å²) in [6.45, 7) is 1.89. The van der Waals surface area contributed by atoms with E-state index in [1.807, 2.05) is 17.1 Å². The second kappa shape index (κ2) is 4.24. The molecule has 72 valence electrons. The Labute approximate surface area is 86.2 Å². The maximum atomic E-state index is 5.53. The van der Waals surface area contributed by atoms with Crippen molar-refractivity contribution in [3.63, 3.8) is 0 Å². The highest BCUT2D eigenvalue weighted by Gasteiger charge is 2.14. The van der Waals surface area contributed by atoms with Crippen LogP contribution in [0.25, 0.3) is 0 Å². The monoisotopic (exact) mass is 244 g/mol. The lowest BCUT2D eigenvalue weighted by Crippen LogP contribution is -2.10. The van der Waals surface area contributed by atoms with E-state index in [2.05, 4.69) is 21.0 Å². The molecule has 0 aromatic carbocycles. The van der Waals surface area contributed by atoms with Gasteiger partial charge in [0.15, 0.2) is 0 Å². The smallest absolute Gasteiger partial charge is 0.0632 e. The third-order valence-corrected chi connectivity index (χ3v) is 2.72. The number of aromatic nitrogens is 2. The molecule has 0 spiro atoms. The van der Waals surface area contributed by atoms with Gasteiger partial charge in [-0.2, -0.15) is 5.10 Å². The molecule has 1 aromatic heterocycles. The molecule has 1 unspecified atom stereocenters. The van der Waals surface area contributed by atoms with E-state index in [0.717, 1.165) is 24.0 Å². The van der Waals surface area contributed by atoms with Gasteiger partial charge in [-0.15, -0.1) is 0 Å². The van der Waals surface area contributed by atoms with Gasteiger partial charge in [0.25, 0.3) is 0 Å². The Hall–Kier alpha value is -0.350. The molecule has 3 nitrogen and oxygen atoms in total. The zero-order chi connectivity index (χ0) is 9.10. The minimum atomic E-state index is 0.461. The molecule has 1 fully saturated rings. The van der Waals surface area contributed by atoms with Gasteiger partial charge in [0, 0.05) is 19.3 Å². The Morgan fingerprint density at radius 2 is 2.62 bits per heavy atom. The molecule has 1 aliphatic heterocycles. The first-order valence-electron chi connectivity index (χ1n) is 4.64. The van der Waals surface area contributed by atoms with Crippen LogP contribution in [0.15, 0.2) is 16.9 Å². The molecule has 4 heteroatoms. The first-order valence-corrected chi connectivity index (χ1v) is 5.43. The van der Waals surface area contributed by atoms with Gasteiger partial charge in [-0.25, -0.2) is 0 Å². The fourth-order valence-electron chi connectivity index (χ4n) is 1.61. The summed E-state index contributed by atoms with van der Waals surface area (Å²) in [4.78, 5) is 0. The van der Waals surface area contributed by atoms with Gasteiger partial charge in [-0.05, 0) is 35.2 Å². The van der Waals surface area contributed by atoms with Crippen molar-refractivity contribution >= 4 is 15.9 Å². The number of hydrogen-bond acceptors (Lipinski definition) is 2. The maximum Gasteiger partial charge on any atom is 0.0632 e. The second-order valence-electron chi connectivity index (χ2n) is 3.35. The zero-order valence-electron chi connectivity index (χ0n) is 7.45. The van der Waals surface area contributed by atoms with Crippen molar-refractivity contribution in [3.8, 4) is 0 Å². The van der Waals surface area contributed by atoms with Crippen LogP contribution in [0.1, 0.15) is 19.3 Å². The minimum Gasteiger partial charge on any atom is -0.378 e. The van der Waals surface area contributed by atoms with Crippen molar-refractivity contribution in [1.82, 2.24) is 9.78 Å². The summed E-state index contributed by atoms with van der Waals surface area (Å²) in [6, 6.07) is 0. The molecule has 0 amide bonds. The van der Waals surface area contributed by atoms with Crippen LogP contribution in [0.5, 0.6) is 0 Å². The average Bonchev–Trinajstić information content (AvgIpc) is 2.71. The van der Waals surface area contributed by atoms with Gasteiger partial charge < -0.3 is 4.74 Å². The Kier molecular flexibility index (Phi) is 3.01. The second-order valence-corrected chi connectivity index (χ2v) is 4.26. The SMILES string of the molecule is Brc1cnn(CCC2CCCO2)c1. The van der Waals surface area contributed by atoms with Crippen LogP contribution in [0.3, 0.4) is 0 Å². The number of hydrogen-bond donors (Lipinski definition) is 0. The van der Waals surface area contributed by atoms with Gasteiger partial charge in [0.05, 0.1) is 16.8 Å². The van der Waals surface area contributed by atoms with E-state index in [9.17, 15) is 0 Å². The van der Waals surface area contributed by atoms with Crippen LogP contribution in [0, 0.1) is 0 Å². The molecule has 0 N–H and O–H groups in total. The third kappa shape index (κ3) is 2.54. The van der Waals surface area contributed by atoms with Gasteiger partial charge >= 0.3 is 0 Å². The van der Waals surface area contributed by atoms with E-state index >= 15 is 0 Å². The van der Waals surface area contributed by atoms with Gasteiger partial charge in [0.2, 0.25) is 0 Å². The number of rotatable bonds is 3. The van der Waals surface area contributed by atoms with Gasteiger partial charge in [0.1, 0.15) is 0 Å². The van der Waals surface area contributed by atoms with E-state index in [4.69, 9.17) is 4.74 Å². The summed E-state index contributed by atoms with van der Waals surface area (Å²) in [7, 11) is 0. The topological polar surface area (TPSA) is 27.1 Å². The molecule has 0 aliphatic carbocycles. The van der Waals surface area contributed by atoms with Gasteiger partial charge in [-0.1, -0.05) is 0 Å². The molecule has 0 saturated carbocycles. The molecule has 0 bridgehead atoms. The van der Waals surface area contributed by atoms with Crippen LogP contribution in [0.4, 0.5) is 0 Å². The lowest BCUT2D eigenvalue weighted by molar-refractivity contribution is 0.0994. The highest BCUT2D eigenvalue weighted by atomic mass is 79.9. The van der Waals surface area contributed by atoms with E-state index in [-0.39, 0.29) is 0 Å². The van der Waals surface area contributed by atoms with Crippen LogP contribution in [-0.2, 0) is 11.3 Å². The van der Waals surface area contributed by atoms with Crippen molar-refractivity contribution < 1.29 is 4.74 Å². The summed E-state index contributed by atoms with van der Waals surface area (Å²) in [5.74, 6) is 0. The molecular formula is C9H13BrN2O. The highest BCUT2D eigenvalue weighted by Crippen LogP contribution is 2.16. The summed E-state index contributed by atoms with van der Waals surface area (Å²) >= 11 is 3.37. The van der Waals surface area contributed by atoms with Crippen molar-refractivity contribution in [3.05, 3.63) is 16.9 Å². The van der Waals surface area contributed by atoms with E-state index < -0.39 is 0 Å². The summed E-state index contributed by atoms with van der Waals surface area (Å²) in [5.41, 5.74) is 0. The number of aryl methyl sites for hydroxylation is 1. The Bertz CT molecular complexity index is 268. The van der Waals surface area contributed by atoms with Crippen molar-refractivity contribution in [1.29, 1.82) is 0 Å². The molecular weight excluding hydrogens is 232 g/mol. The average molecular weight is 245 g/mol. The van der Waals surface area contributed by atoms with Crippen LogP contribution >= 0.6 is 15.9 Å². The largest absolute Gasteiger partial charge is 0.378 e. The van der Waals surface area contributed by atoms with Crippen molar-refractivity contribution in [2.45, 2.75) is 31.9 Å². The summed E-state index contributed by atoms with van der Waals surface area (Å²) in [5, 5.41) is 4.19.